The lowest BCUT2D eigenvalue weighted by molar-refractivity contribution is 0.486. The third-order valence-corrected chi connectivity index (χ3v) is 3.72. The Labute approximate surface area is 126 Å². The van der Waals surface area contributed by atoms with Gasteiger partial charge in [-0.25, -0.2) is 9.97 Å². The van der Waals surface area contributed by atoms with Crippen molar-refractivity contribution in [3.63, 3.8) is 0 Å². The third kappa shape index (κ3) is 3.02. The molecule has 0 aliphatic carbocycles. The van der Waals surface area contributed by atoms with Gasteiger partial charge in [0.05, 0.1) is 5.69 Å². The van der Waals surface area contributed by atoms with Gasteiger partial charge >= 0.3 is 0 Å². The van der Waals surface area contributed by atoms with Gasteiger partial charge in [-0.2, -0.15) is 0 Å². The maximum absolute atomic E-state index is 5.56. The van der Waals surface area contributed by atoms with Gasteiger partial charge in [-0.3, -0.25) is 0 Å². The van der Waals surface area contributed by atoms with Crippen LogP contribution in [0.15, 0.2) is 21.3 Å². The standard InChI is InChI=1S/C14H17BrN4O/c1-9-2-3-10(20-9)4-7-17-13-11-8-16-6-5-12(11)18-14(15)19-13/h2-3,16H,4-8H2,1H3,(H,17,18,19). The van der Waals surface area contributed by atoms with Crippen molar-refractivity contribution < 1.29 is 4.42 Å². The molecule has 2 aromatic rings. The monoisotopic (exact) mass is 336 g/mol. The zero-order chi connectivity index (χ0) is 13.9. The fourth-order valence-electron chi connectivity index (χ4n) is 2.38. The zero-order valence-corrected chi connectivity index (χ0v) is 13.0. The van der Waals surface area contributed by atoms with Gasteiger partial charge in [0, 0.05) is 38.0 Å². The van der Waals surface area contributed by atoms with Crippen molar-refractivity contribution in [3.8, 4) is 0 Å². The van der Waals surface area contributed by atoms with Crippen molar-refractivity contribution in [2.75, 3.05) is 18.4 Å². The molecule has 3 heterocycles. The van der Waals surface area contributed by atoms with Gasteiger partial charge in [0.2, 0.25) is 0 Å². The molecule has 0 fully saturated rings. The van der Waals surface area contributed by atoms with Crippen molar-refractivity contribution in [2.45, 2.75) is 26.3 Å². The highest BCUT2D eigenvalue weighted by Crippen LogP contribution is 2.22. The van der Waals surface area contributed by atoms with E-state index in [0.717, 1.165) is 55.5 Å². The molecule has 2 N–H and O–H groups in total. The van der Waals surface area contributed by atoms with Crippen LogP contribution in [0, 0.1) is 6.92 Å². The molecule has 0 amide bonds. The van der Waals surface area contributed by atoms with E-state index in [1.165, 1.54) is 5.56 Å². The van der Waals surface area contributed by atoms with Gasteiger partial charge in [0.1, 0.15) is 17.3 Å². The van der Waals surface area contributed by atoms with Gasteiger partial charge in [0.15, 0.2) is 4.73 Å². The second kappa shape index (κ2) is 5.93. The van der Waals surface area contributed by atoms with E-state index in [9.17, 15) is 0 Å². The molecule has 106 valence electrons. The maximum atomic E-state index is 5.56. The number of rotatable bonds is 4. The summed E-state index contributed by atoms with van der Waals surface area (Å²) in [6.45, 7) is 4.55. The second-order valence-corrected chi connectivity index (χ2v) is 5.59. The van der Waals surface area contributed by atoms with E-state index in [1.807, 2.05) is 19.1 Å². The summed E-state index contributed by atoms with van der Waals surface area (Å²) in [4.78, 5) is 8.90. The number of nitrogens with zero attached hydrogens (tertiary/aromatic N) is 2. The summed E-state index contributed by atoms with van der Waals surface area (Å²) < 4.78 is 6.21. The van der Waals surface area contributed by atoms with Crippen LogP contribution < -0.4 is 10.6 Å². The molecule has 0 aromatic carbocycles. The number of halogens is 1. The molecule has 0 saturated carbocycles. The van der Waals surface area contributed by atoms with Crippen molar-refractivity contribution in [1.82, 2.24) is 15.3 Å². The van der Waals surface area contributed by atoms with E-state index in [-0.39, 0.29) is 0 Å². The molecule has 3 rings (SSSR count). The molecule has 0 spiro atoms. The van der Waals surface area contributed by atoms with Crippen LogP contribution in [-0.2, 0) is 19.4 Å². The maximum Gasteiger partial charge on any atom is 0.198 e. The van der Waals surface area contributed by atoms with Crippen molar-refractivity contribution in [3.05, 3.63) is 39.6 Å². The number of aromatic nitrogens is 2. The van der Waals surface area contributed by atoms with Crippen LogP contribution in [0.4, 0.5) is 5.82 Å². The molecule has 2 aromatic heterocycles. The molecule has 1 aliphatic heterocycles. The fraction of sp³-hybridized carbons (Fsp3) is 0.429. The number of anilines is 1. The average Bonchev–Trinajstić information content (AvgIpc) is 2.84. The summed E-state index contributed by atoms with van der Waals surface area (Å²) in [5, 5.41) is 6.75. The summed E-state index contributed by atoms with van der Waals surface area (Å²) in [6.07, 6.45) is 1.79. The molecule has 5 nitrogen and oxygen atoms in total. The van der Waals surface area contributed by atoms with Crippen LogP contribution in [0.1, 0.15) is 22.8 Å². The van der Waals surface area contributed by atoms with E-state index in [2.05, 4.69) is 36.5 Å². The summed E-state index contributed by atoms with van der Waals surface area (Å²) in [7, 11) is 0. The predicted molar refractivity (Wildman–Crippen MR) is 80.8 cm³/mol. The minimum atomic E-state index is 0.648. The Kier molecular flexibility index (Phi) is 4.03. The quantitative estimate of drug-likeness (QED) is 0.839. The average molecular weight is 337 g/mol. The minimum Gasteiger partial charge on any atom is -0.466 e. The van der Waals surface area contributed by atoms with Gasteiger partial charge in [-0.05, 0) is 35.0 Å². The third-order valence-electron chi connectivity index (χ3n) is 3.37. The van der Waals surface area contributed by atoms with Gasteiger partial charge < -0.3 is 15.1 Å². The molecule has 0 saturated heterocycles. The topological polar surface area (TPSA) is 63.0 Å². The smallest absolute Gasteiger partial charge is 0.198 e. The Balaban J connectivity index is 1.69. The number of furan rings is 1. The first kappa shape index (κ1) is 13.6. The lowest BCUT2D eigenvalue weighted by Crippen LogP contribution is -2.26. The predicted octanol–water partition coefficient (Wildman–Crippen LogP) is 2.44. The molecule has 0 atom stereocenters. The van der Waals surface area contributed by atoms with E-state index in [1.54, 1.807) is 0 Å². The normalized spacial score (nSPS) is 14.1. The molecule has 20 heavy (non-hydrogen) atoms. The van der Waals surface area contributed by atoms with E-state index in [4.69, 9.17) is 4.42 Å². The number of hydrogen-bond acceptors (Lipinski definition) is 5. The first-order valence-corrected chi connectivity index (χ1v) is 7.57. The summed E-state index contributed by atoms with van der Waals surface area (Å²) in [6, 6.07) is 4.01. The lowest BCUT2D eigenvalue weighted by atomic mass is 10.1. The van der Waals surface area contributed by atoms with E-state index >= 15 is 0 Å². The van der Waals surface area contributed by atoms with Crippen LogP contribution >= 0.6 is 15.9 Å². The summed E-state index contributed by atoms with van der Waals surface area (Å²) in [5.74, 6) is 2.86. The lowest BCUT2D eigenvalue weighted by Gasteiger charge is -2.19. The van der Waals surface area contributed by atoms with Gasteiger partial charge in [0.25, 0.3) is 0 Å². The Morgan fingerprint density at radius 2 is 2.30 bits per heavy atom. The van der Waals surface area contributed by atoms with Gasteiger partial charge in [-0.15, -0.1) is 0 Å². The van der Waals surface area contributed by atoms with E-state index < -0.39 is 0 Å². The van der Waals surface area contributed by atoms with Crippen molar-refractivity contribution in [1.29, 1.82) is 0 Å². The van der Waals surface area contributed by atoms with Crippen LogP contribution in [0.3, 0.4) is 0 Å². The van der Waals surface area contributed by atoms with Crippen LogP contribution in [0.2, 0.25) is 0 Å². The molecule has 0 unspecified atom stereocenters. The van der Waals surface area contributed by atoms with Crippen molar-refractivity contribution in [2.24, 2.45) is 0 Å². The fourth-order valence-corrected chi connectivity index (χ4v) is 2.77. The van der Waals surface area contributed by atoms with Crippen LogP contribution in [0.25, 0.3) is 0 Å². The molecule has 0 bridgehead atoms. The van der Waals surface area contributed by atoms with Crippen LogP contribution in [-0.4, -0.2) is 23.1 Å². The second-order valence-electron chi connectivity index (χ2n) is 4.88. The largest absolute Gasteiger partial charge is 0.466 e. The first-order valence-electron chi connectivity index (χ1n) is 6.77. The Morgan fingerprint density at radius 3 is 3.10 bits per heavy atom. The molecule has 6 heteroatoms. The molecule has 1 aliphatic rings. The molecular weight excluding hydrogens is 320 g/mol. The first-order chi connectivity index (χ1) is 9.72. The highest BCUT2D eigenvalue weighted by Gasteiger charge is 2.16. The number of hydrogen-bond donors (Lipinski definition) is 2. The number of aryl methyl sites for hydroxylation is 1. The summed E-state index contributed by atoms with van der Waals surface area (Å²) >= 11 is 3.38. The number of nitrogens with one attached hydrogen (secondary N) is 2. The minimum absolute atomic E-state index is 0.648. The Hall–Kier alpha value is -1.40. The van der Waals surface area contributed by atoms with Gasteiger partial charge in [-0.1, -0.05) is 0 Å². The van der Waals surface area contributed by atoms with Crippen molar-refractivity contribution >= 4 is 21.7 Å². The number of fused-ring (bicyclic) bond motifs is 1. The molecule has 0 radical (unpaired) electrons. The van der Waals surface area contributed by atoms with E-state index in [0.29, 0.717) is 4.73 Å². The Morgan fingerprint density at radius 1 is 1.40 bits per heavy atom. The highest BCUT2D eigenvalue weighted by molar-refractivity contribution is 9.10. The molecular formula is C14H17BrN4O. The zero-order valence-electron chi connectivity index (χ0n) is 11.4. The SMILES string of the molecule is Cc1ccc(CCNc2nc(Br)nc3c2CNCC3)o1. The Bertz CT molecular complexity index is 611. The van der Waals surface area contributed by atoms with Crippen LogP contribution in [0.5, 0.6) is 0 Å². The highest BCUT2D eigenvalue weighted by atomic mass is 79.9. The summed E-state index contributed by atoms with van der Waals surface area (Å²) in [5.41, 5.74) is 2.30.